The average molecular weight is 779 g/mol. The molecule has 2 atom stereocenters. The lowest BCUT2D eigenvalue weighted by Crippen LogP contribution is -2.37. The number of amides is 4. The SMILES string of the molecule is COc1ccc(-n2nc(CC(N)=O)c3c2C(=O)NCC3c2ccc(N=Nc3ccc(C4CNC(=O)c5c4c(CC(N)=O)nn5-c4ccc(OC)cc4)cc3)cc2)cc1. The zero-order chi connectivity index (χ0) is 40.5. The highest BCUT2D eigenvalue weighted by Gasteiger charge is 2.36. The minimum atomic E-state index is -0.556. The lowest BCUT2D eigenvalue weighted by Gasteiger charge is -2.25. The van der Waals surface area contributed by atoms with Gasteiger partial charge >= 0.3 is 0 Å². The van der Waals surface area contributed by atoms with E-state index in [0.717, 1.165) is 11.1 Å². The molecule has 2 aliphatic rings. The average Bonchev–Trinajstić information content (AvgIpc) is 3.80. The Morgan fingerprint density at radius 2 is 0.983 bits per heavy atom. The third-order valence-electron chi connectivity index (χ3n) is 10.2. The molecule has 292 valence electrons. The van der Waals surface area contributed by atoms with Gasteiger partial charge in [-0.15, -0.1) is 0 Å². The molecule has 4 aromatic carbocycles. The number of hydrogen-bond acceptors (Lipinski definition) is 10. The van der Waals surface area contributed by atoms with Crippen LogP contribution in [0.3, 0.4) is 0 Å². The van der Waals surface area contributed by atoms with Crippen LogP contribution in [0.25, 0.3) is 11.4 Å². The Labute approximate surface area is 331 Å². The van der Waals surface area contributed by atoms with Gasteiger partial charge in [0.05, 0.1) is 61.2 Å². The van der Waals surface area contributed by atoms with E-state index < -0.39 is 11.8 Å². The van der Waals surface area contributed by atoms with E-state index in [-0.39, 0.29) is 36.5 Å². The first-order chi connectivity index (χ1) is 28.1. The number of nitrogens with two attached hydrogens (primary N) is 2. The zero-order valence-corrected chi connectivity index (χ0v) is 31.5. The molecule has 0 spiro atoms. The van der Waals surface area contributed by atoms with Gasteiger partial charge in [-0.3, -0.25) is 19.2 Å². The molecule has 0 saturated heterocycles. The Bertz CT molecular complexity index is 2400. The molecule has 0 bridgehead atoms. The van der Waals surface area contributed by atoms with Crippen molar-refractivity contribution in [3.63, 3.8) is 0 Å². The number of hydrogen-bond donors (Lipinski definition) is 4. The highest BCUT2D eigenvalue weighted by molar-refractivity contribution is 5.98. The van der Waals surface area contributed by atoms with Gasteiger partial charge in [0.1, 0.15) is 22.9 Å². The van der Waals surface area contributed by atoms with E-state index in [0.29, 0.717) is 81.2 Å². The summed E-state index contributed by atoms with van der Waals surface area (Å²) in [5.41, 5.74) is 18.3. The molecule has 0 fully saturated rings. The van der Waals surface area contributed by atoms with Crippen LogP contribution >= 0.6 is 0 Å². The molecule has 6 N–H and O–H groups in total. The summed E-state index contributed by atoms with van der Waals surface area (Å²) in [6.07, 6.45) is -0.252. The van der Waals surface area contributed by atoms with Crippen LogP contribution in [-0.4, -0.2) is 70.5 Å². The Morgan fingerprint density at radius 3 is 1.31 bits per heavy atom. The zero-order valence-electron chi connectivity index (χ0n) is 31.5. The van der Waals surface area contributed by atoms with Crippen molar-refractivity contribution >= 4 is 35.0 Å². The molecule has 6 aromatic rings. The molecule has 4 heterocycles. The van der Waals surface area contributed by atoms with Gasteiger partial charge in [0.15, 0.2) is 0 Å². The second-order valence-electron chi connectivity index (χ2n) is 13.8. The fourth-order valence-electron chi connectivity index (χ4n) is 7.52. The molecular formula is C42H38N10O6. The smallest absolute Gasteiger partial charge is 0.270 e. The number of benzene rings is 4. The fourth-order valence-corrected chi connectivity index (χ4v) is 7.52. The minimum absolute atomic E-state index is 0.126. The lowest BCUT2D eigenvalue weighted by molar-refractivity contribution is -0.118. The van der Waals surface area contributed by atoms with Crippen molar-refractivity contribution in [2.75, 3.05) is 27.3 Å². The highest BCUT2D eigenvalue weighted by atomic mass is 16.5. The predicted molar refractivity (Wildman–Crippen MR) is 211 cm³/mol. The molecular weight excluding hydrogens is 741 g/mol. The van der Waals surface area contributed by atoms with Gasteiger partial charge in [0, 0.05) is 36.1 Å². The monoisotopic (exact) mass is 778 g/mol. The van der Waals surface area contributed by atoms with Crippen molar-refractivity contribution in [3.8, 4) is 22.9 Å². The largest absolute Gasteiger partial charge is 0.497 e. The summed E-state index contributed by atoms with van der Waals surface area (Å²) in [4.78, 5) is 50.8. The number of carbonyl (C=O) groups is 4. The maximum absolute atomic E-state index is 13.3. The highest BCUT2D eigenvalue weighted by Crippen LogP contribution is 2.37. The summed E-state index contributed by atoms with van der Waals surface area (Å²) < 4.78 is 13.7. The number of fused-ring (bicyclic) bond motifs is 2. The van der Waals surface area contributed by atoms with Crippen LogP contribution in [0.4, 0.5) is 11.4 Å². The number of methoxy groups -OCH3 is 2. The normalized spacial score (nSPS) is 16.0. The number of azo groups is 1. The first-order valence-electron chi connectivity index (χ1n) is 18.4. The maximum Gasteiger partial charge on any atom is 0.270 e. The van der Waals surface area contributed by atoms with Crippen molar-refractivity contribution in [2.24, 2.45) is 21.7 Å². The van der Waals surface area contributed by atoms with Gasteiger partial charge in [-0.1, -0.05) is 24.3 Å². The van der Waals surface area contributed by atoms with Crippen molar-refractivity contribution in [2.45, 2.75) is 24.7 Å². The van der Waals surface area contributed by atoms with Crippen molar-refractivity contribution < 1.29 is 28.7 Å². The van der Waals surface area contributed by atoms with Crippen LogP contribution in [0.5, 0.6) is 11.5 Å². The lowest BCUT2D eigenvalue weighted by atomic mass is 9.86. The molecule has 8 rings (SSSR count). The number of aromatic nitrogens is 4. The number of ether oxygens (including phenoxy) is 2. The summed E-state index contributed by atoms with van der Waals surface area (Å²) in [6.45, 7) is 0.606. The van der Waals surface area contributed by atoms with E-state index >= 15 is 0 Å². The predicted octanol–water partition coefficient (Wildman–Crippen LogP) is 4.30. The van der Waals surface area contributed by atoms with Crippen LogP contribution in [0.15, 0.2) is 107 Å². The molecule has 16 heteroatoms. The number of nitrogens with one attached hydrogen (secondary N) is 2. The molecule has 0 aliphatic carbocycles. The summed E-state index contributed by atoms with van der Waals surface area (Å²) in [5.74, 6) is -1.01. The first kappa shape index (κ1) is 37.3. The maximum atomic E-state index is 13.3. The van der Waals surface area contributed by atoms with Gasteiger partial charge in [-0.05, 0) is 83.9 Å². The molecule has 2 aromatic heterocycles. The number of rotatable bonds is 12. The molecule has 2 unspecified atom stereocenters. The van der Waals surface area contributed by atoms with Crippen molar-refractivity contribution in [1.29, 1.82) is 0 Å². The van der Waals surface area contributed by atoms with Crippen molar-refractivity contribution in [3.05, 3.63) is 142 Å². The van der Waals surface area contributed by atoms with Crippen LogP contribution in [0.2, 0.25) is 0 Å². The Hall–Kier alpha value is -7.62. The van der Waals surface area contributed by atoms with Crippen LogP contribution in [0, 0.1) is 0 Å². The van der Waals surface area contributed by atoms with Crippen molar-refractivity contribution in [1.82, 2.24) is 30.2 Å². The first-order valence-corrected chi connectivity index (χ1v) is 18.4. The van der Waals surface area contributed by atoms with E-state index in [9.17, 15) is 19.2 Å². The Kier molecular flexibility index (Phi) is 9.96. The van der Waals surface area contributed by atoms with Gasteiger partial charge in [-0.2, -0.15) is 20.4 Å². The number of primary amides is 2. The second kappa shape index (κ2) is 15.5. The minimum Gasteiger partial charge on any atom is -0.497 e. The second-order valence-corrected chi connectivity index (χ2v) is 13.8. The molecule has 16 nitrogen and oxygen atoms in total. The third kappa shape index (κ3) is 7.13. The Balaban J connectivity index is 1.04. The van der Waals surface area contributed by atoms with Gasteiger partial charge in [0.25, 0.3) is 11.8 Å². The van der Waals surface area contributed by atoms with Crippen LogP contribution in [-0.2, 0) is 22.4 Å². The van der Waals surface area contributed by atoms with Crippen LogP contribution < -0.4 is 31.6 Å². The molecule has 4 amide bonds. The number of carbonyl (C=O) groups excluding carboxylic acids is 4. The van der Waals surface area contributed by atoms with E-state index in [1.165, 1.54) is 0 Å². The Morgan fingerprint density at radius 1 is 0.621 bits per heavy atom. The molecule has 0 saturated carbocycles. The van der Waals surface area contributed by atoms with Gasteiger partial charge in [-0.25, -0.2) is 9.36 Å². The number of nitrogens with zero attached hydrogens (tertiary/aromatic N) is 6. The van der Waals surface area contributed by atoms with E-state index in [4.69, 9.17) is 20.9 Å². The third-order valence-corrected chi connectivity index (χ3v) is 10.2. The molecule has 2 aliphatic heterocycles. The summed E-state index contributed by atoms with van der Waals surface area (Å²) in [6, 6.07) is 29.2. The molecule has 58 heavy (non-hydrogen) atoms. The van der Waals surface area contributed by atoms with Gasteiger partial charge in [0.2, 0.25) is 11.8 Å². The van der Waals surface area contributed by atoms with E-state index in [1.807, 2.05) is 48.5 Å². The van der Waals surface area contributed by atoms with Crippen LogP contribution in [0.1, 0.15) is 66.5 Å². The fraction of sp³-hybridized carbons (Fsp3) is 0.190. The summed E-state index contributed by atoms with van der Waals surface area (Å²) in [5, 5.41) is 24.2. The topological polar surface area (TPSA) is 223 Å². The quantitative estimate of drug-likeness (QED) is 0.131. The summed E-state index contributed by atoms with van der Waals surface area (Å²) >= 11 is 0. The van der Waals surface area contributed by atoms with E-state index in [2.05, 4.69) is 31.1 Å². The standard InChI is InChI=1S/C42H38N10O6/c1-57-29-15-11-27(12-16-29)51-39-37(33(49-51)19-35(43)53)31(21-45-41(39)55)23-3-7-25(8-4-23)47-48-26-9-5-24(6-10-26)32-22-46-42(56)40-38(32)34(20-36(44)54)50-52(40)28-13-17-30(58-2)18-14-28/h3-18,31-32H,19-22H2,1-2H3,(H2,43,53)(H2,44,54)(H,45,55)(H,46,56). The molecule has 0 radical (unpaired) electrons. The van der Waals surface area contributed by atoms with E-state index in [1.54, 1.807) is 72.1 Å². The summed E-state index contributed by atoms with van der Waals surface area (Å²) in [7, 11) is 3.14. The van der Waals surface area contributed by atoms with Gasteiger partial charge < -0.3 is 31.6 Å².